The molecule has 2 rings (SSSR count). The molecule has 32 heavy (non-hydrogen) atoms. The van der Waals surface area contributed by atoms with Crippen LogP contribution in [0.1, 0.15) is 5.37 Å². The van der Waals surface area contributed by atoms with E-state index < -0.39 is 71.2 Å². The molecule has 1 saturated heterocycles. The number of amides is 3. The van der Waals surface area contributed by atoms with Crippen LogP contribution in [-0.4, -0.2) is 94.8 Å². The van der Waals surface area contributed by atoms with Crippen LogP contribution in [0.2, 0.25) is 0 Å². The zero-order valence-corrected chi connectivity index (χ0v) is 17.5. The number of aliphatic hydroxyl groups excluding tert-OH is 4. The number of urea groups is 1. The van der Waals surface area contributed by atoms with Gasteiger partial charge in [0.2, 0.25) is 5.91 Å². The first-order chi connectivity index (χ1) is 14.9. The minimum absolute atomic E-state index is 0.0674. The average Bonchev–Trinajstić information content (AvgIpc) is 3.02. The number of aliphatic carboxylic acids is 1. The summed E-state index contributed by atoms with van der Waals surface area (Å²) in [6.45, 7) is -0.770. The van der Waals surface area contributed by atoms with Crippen molar-refractivity contribution in [1.29, 1.82) is 0 Å². The maximum absolute atomic E-state index is 12.6. The summed E-state index contributed by atoms with van der Waals surface area (Å²) in [5.41, 5.74) is 9.49. The molecule has 0 unspecified atom stereocenters. The number of thioether (sulfide) groups is 1. The molecule has 0 spiro atoms. The van der Waals surface area contributed by atoms with Gasteiger partial charge in [0.1, 0.15) is 23.0 Å². The van der Waals surface area contributed by atoms with Gasteiger partial charge in [-0.05, 0) is 6.07 Å². The van der Waals surface area contributed by atoms with Crippen molar-refractivity contribution in [1.82, 2.24) is 14.5 Å². The van der Waals surface area contributed by atoms with Crippen molar-refractivity contribution >= 4 is 29.7 Å². The van der Waals surface area contributed by atoms with Gasteiger partial charge in [-0.2, -0.15) is 4.99 Å². The van der Waals surface area contributed by atoms with Gasteiger partial charge in [-0.25, -0.2) is 14.4 Å². The van der Waals surface area contributed by atoms with Crippen molar-refractivity contribution in [2.75, 3.05) is 6.61 Å². The fourth-order valence-electron chi connectivity index (χ4n) is 3.04. The second kappa shape index (κ2) is 10.2. The third-order valence-corrected chi connectivity index (χ3v) is 6.44. The summed E-state index contributed by atoms with van der Waals surface area (Å²) in [5.74, 6) is -2.70. The first-order valence-electron chi connectivity index (χ1n) is 9.12. The Labute approximate surface area is 184 Å². The van der Waals surface area contributed by atoms with Crippen molar-refractivity contribution in [2.45, 2.75) is 41.0 Å². The summed E-state index contributed by atoms with van der Waals surface area (Å²) >= 11 is 0.700. The number of nitrogens with one attached hydrogen (secondary N) is 1. The molecule has 1 aromatic heterocycles. The Hall–Kier alpha value is -2.76. The number of carbonyl (C=O) groups is 3. The average molecular weight is 476 g/mol. The molecule has 1 aliphatic heterocycles. The third-order valence-electron chi connectivity index (χ3n) is 4.79. The molecule has 0 aromatic carbocycles. The van der Waals surface area contributed by atoms with Gasteiger partial charge in [0.15, 0.2) is 6.04 Å². The number of aliphatic hydroxyl groups is 4. The van der Waals surface area contributed by atoms with Gasteiger partial charge < -0.3 is 42.3 Å². The predicted octanol–water partition coefficient (Wildman–Crippen LogP) is -5.25. The molecule has 2 heterocycles. The van der Waals surface area contributed by atoms with E-state index >= 15 is 0 Å². The molecule has 3 amide bonds. The van der Waals surface area contributed by atoms with Crippen LogP contribution >= 0.6 is 11.8 Å². The highest BCUT2D eigenvalue weighted by molar-refractivity contribution is 8.00. The monoisotopic (exact) mass is 476 g/mol. The third kappa shape index (κ3) is 5.17. The van der Waals surface area contributed by atoms with Crippen LogP contribution < -0.4 is 28.0 Å². The highest BCUT2D eigenvalue weighted by Gasteiger charge is 2.50. The molecule has 15 nitrogen and oxygen atoms in total. The lowest BCUT2D eigenvalue weighted by Crippen LogP contribution is -2.57. The summed E-state index contributed by atoms with van der Waals surface area (Å²) in [6.07, 6.45) is -4.02. The van der Waals surface area contributed by atoms with Crippen molar-refractivity contribution in [3.05, 3.63) is 28.2 Å². The minimum Gasteiger partial charge on any atom is -0.480 e. The predicted molar refractivity (Wildman–Crippen MR) is 108 cm³/mol. The van der Waals surface area contributed by atoms with Gasteiger partial charge in [0, 0.05) is 13.2 Å². The lowest BCUT2D eigenvalue weighted by atomic mass is 10.00. The molecule has 1 aliphatic rings. The molecule has 1 fully saturated rings. The van der Waals surface area contributed by atoms with Crippen molar-refractivity contribution in [3.63, 3.8) is 0 Å². The molecular weight excluding hydrogens is 452 g/mol. The maximum atomic E-state index is 12.6. The molecule has 0 bridgehead atoms. The summed E-state index contributed by atoms with van der Waals surface area (Å²) < 4.78 is 1.96. The number of rotatable bonds is 7. The summed E-state index contributed by atoms with van der Waals surface area (Å²) in [4.78, 5) is 50.5. The van der Waals surface area contributed by atoms with Crippen molar-refractivity contribution < 1.29 is 39.9 Å². The number of primary amides is 1. The van der Waals surface area contributed by atoms with Gasteiger partial charge in [0.05, 0.1) is 24.1 Å². The number of carboxylic acids is 1. The van der Waals surface area contributed by atoms with Crippen LogP contribution in [0.5, 0.6) is 0 Å². The fraction of sp³-hybridized carbons (Fsp3) is 0.562. The smallest absolute Gasteiger partial charge is 0.340 e. The number of hydrogen-bond acceptors (Lipinski definition) is 10. The standard InChI is InChI=1S/C16H24N6O9S/c1-21-6(19-15(18)30)2-3-22(16(21)31)13-10(26)9(25)11(32-13)8(24)7(14(28)29)20-12(27)5(17)4-23/h2-3,5,7-11,13,23-26H,4,17H2,1H3,(H2,18,30)(H,20,27)(H,28,29)/b19-6-/t5-,7+,8-,9+,10+,11+,13+/m0/s1. The first-order valence-corrected chi connectivity index (χ1v) is 10.1. The second-order valence-corrected chi connectivity index (χ2v) is 8.25. The van der Waals surface area contributed by atoms with Crippen LogP contribution in [0.25, 0.3) is 0 Å². The number of aromatic nitrogens is 2. The van der Waals surface area contributed by atoms with E-state index in [1.165, 1.54) is 19.3 Å². The van der Waals surface area contributed by atoms with E-state index in [-0.39, 0.29) is 5.49 Å². The Bertz CT molecular complexity index is 1010. The Balaban J connectivity index is 2.34. The molecular formula is C16H24N6O9S. The Morgan fingerprint density at radius 1 is 1.31 bits per heavy atom. The maximum Gasteiger partial charge on any atom is 0.340 e. The molecule has 178 valence electrons. The van der Waals surface area contributed by atoms with E-state index in [9.17, 15) is 39.6 Å². The van der Waals surface area contributed by atoms with E-state index in [4.69, 9.17) is 16.6 Å². The molecule has 0 aliphatic carbocycles. The fourth-order valence-corrected chi connectivity index (χ4v) is 4.61. The van der Waals surface area contributed by atoms with E-state index in [0.717, 1.165) is 9.13 Å². The van der Waals surface area contributed by atoms with Gasteiger partial charge in [0.25, 0.3) is 0 Å². The van der Waals surface area contributed by atoms with Crippen LogP contribution in [0.4, 0.5) is 4.79 Å². The highest BCUT2D eigenvalue weighted by Crippen LogP contribution is 2.43. The van der Waals surface area contributed by atoms with Crippen LogP contribution in [0.15, 0.2) is 22.1 Å². The van der Waals surface area contributed by atoms with E-state index in [1.807, 2.05) is 5.32 Å². The van der Waals surface area contributed by atoms with Gasteiger partial charge >= 0.3 is 17.7 Å². The molecule has 0 radical (unpaired) electrons. The largest absolute Gasteiger partial charge is 0.480 e. The molecule has 0 saturated carbocycles. The molecule has 7 atom stereocenters. The Kier molecular flexibility index (Phi) is 8.16. The number of carbonyl (C=O) groups excluding carboxylic acids is 2. The zero-order chi connectivity index (χ0) is 24.3. The van der Waals surface area contributed by atoms with Crippen LogP contribution in [-0.2, 0) is 16.6 Å². The normalized spacial score (nSPS) is 26.4. The van der Waals surface area contributed by atoms with Crippen LogP contribution in [0.3, 0.4) is 0 Å². The second-order valence-electron chi connectivity index (χ2n) is 6.95. The molecule has 1 aromatic rings. The van der Waals surface area contributed by atoms with E-state index in [0.29, 0.717) is 11.8 Å². The van der Waals surface area contributed by atoms with Crippen molar-refractivity contribution in [3.8, 4) is 0 Å². The summed E-state index contributed by atoms with van der Waals surface area (Å²) in [5, 5.41) is 49.2. The lowest BCUT2D eigenvalue weighted by Gasteiger charge is -2.27. The summed E-state index contributed by atoms with van der Waals surface area (Å²) in [6, 6.07) is -3.14. The van der Waals surface area contributed by atoms with Crippen LogP contribution in [0, 0.1) is 0 Å². The first kappa shape index (κ1) is 25.5. The Morgan fingerprint density at radius 2 is 1.94 bits per heavy atom. The lowest BCUT2D eigenvalue weighted by molar-refractivity contribution is -0.146. The quantitative estimate of drug-likeness (QED) is 0.184. The topological polar surface area (TPSA) is 256 Å². The number of carboxylic acid groups (broad SMARTS) is 1. The number of hydrogen-bond donors (Lipinski definition) is 8. The van der Waals surface area contributed by atoms with Crippen molar-refractivity contribution in [2.24, 2.45) is 23.5 Å². The number of nitrogens with zero attached hydrogens (tertiary/aromatic N) is 3. The Morgan fingerprint density at radius 3 is 2.47 bits per heavy atom. The highest BCUT2D eigenvalue weighted by atomic mass is 32.2. The van der Waals surface area contributed by atoms with Gasteiger partial charge in [-0.3, -0.25) is 13.9 Å². The minimum atomic E-state index is -1.93. The van der Waals surface area contributed by atoms with Gasteiger partial charge in [-0.1, -0.05) is 0 Å². The van der Waals surface area contributed by atoms with E-state index in [1.54, 1.807) is 0 Å². The zero-order valence-electron chi connectivity index (χ0n) is 16.7. The van der Waals surface area contributed by atoms with Gasteiger partial charge in [-0.15, -0.1) is 11.8 Å². The number of nitrogens with two attached hydrogens (primary N) is 2. The van der Waals surface area contributed by atoms with E-state index in [2.05, 4.69) is 4.99 Å². The summed E-state index contributed by atoms with van der Waals surface area (Å²) in [7, 11) is 1.29. The molecule has 10 N–H and O–H groups in total. The SMILES string of the molecule is Cn1c(=O)n([C@@H]2S[C@H]([C@@H](O)[C@@H](NC(=O)[C@@H](N)CO)C(=O)O)[C@H](O)[C@H]2O)cc/c1=N/C(N)=O. The molecule has 16 heteroatoms.